The Bertz CT molecular complexity index is 1750. The van der Waals surface area contributed by atoms with Crippen LogP contribution in [0.1, 0.15) is 106 Å². The van der Waals surface area contributed by atoms with Gasteiger partial charge in [-0.2, -0.15) is 0 Å². The zero-order valence-electron chi connectivity index (χ0n) is 40.0. The Morgan fingerprint density at radius 3 is 1.76 bits per heavy atom. The monoisotopic (exact) mass is 961 g/mol. The third-order valence-corrected chi connectivity index (χ3v) is 19.6. The largest absolute Gasteiger partial charge is 0.394 e. The van der Waals surface area contributed by atoms with Crippen LogP contribution in [-0.4, -0.2) is 197 Å². The highest BCUT2D eigenvalue weighted by Crippen LogP contribution is 2.89. The van der Waals surface area contributed by atoms with E-state index in [0.29, 0.717) is 32.1 Å². The molecule has 19 heteroatoms. The number of carbonyl (C=O) groups is 1. The van der Waals surface area contributed by atoms with Crippen molar-refractivity contribution in [2.75, 3.05) is 19.8 Å². The number of aliphatic hydroxyl groups excluding tert-OH is 12. The Morgan fingerprint density at radius 2 is 1.15 bits per heavy atom. The number of ketones is 1. The highest BCUT2D eigenvalue weighted by atomic mass is 16.8. The van der Waals surface area contributed by atoms with Crippen molar-refractivity contribution in [3.05, 3.63) is 0 Å². The third-order valence-electron chi connectivity index (χ3n) is 19.6. The van der Waals surface area contributed by atoms with Crippen LogP contribution in [0.3, 0.4) is 0 Å². The fourth-order valence-electron chi connectivity index (χ4n) is 15.9. The minimum atomic E-state index is -1.95. The van der Waals surface area contributed by atoms with Gasteiger partial charge in [-0.05, 0) is 96.7 Å². The lowest BCUT2D eigenvalue weighted by atomic mass is 9.41. The molecule has 8 fully saturated rings. The topological polar surface area (TPSA) is 315 Å². The van der Waals surface area contributed by atoms with Crippen molar-refractivity contribution in [1.29, 1.82) is 0 Å². The Balaban J connectivity index is 0.983. The van der Waals surface area contributed by atoms with E-state index in [1.165, 1.54) is 0 Å². The number of aliphatic hydroxyl groups is 12. The molecular formula is C48H80O19. The van der Waals surface area contributed by atoms with Gasteiger partial charge in [-0.3, -0.25) is 4.79 Å². The van der Waals surface area contributed by atoms with E-state index in [1.54, 1.807) is 0 Å². The number of hydrogen-bond acceptors (Lipinski definition) is 19. The normalized spacial score (nSPS) is 54.1. The van der Waals surface area contributed by atoms with Crippen molar-refractivity contribution in [2.24, 2.45) is 56.7 Å². The number of rotatable bonds is 14. The second-order valence-corrected chi connectivity index (χ2v) is 23.3. The van der Waals surface area contributed by atoms with E-state index >= 15 is 0 Å². The number of Topliss-reactive ketones (excluding diaryl/α,β-unsaturated/α-hetero) is 1. The van der Waals surface area contributed by atoms with Gasteiger partial charge in [0, 0.05) is 17.8 Å². The van der Waals surface area contributed by atoms with Crippen LogP contribution < -0.4 is 0 Å². The first-order valence-electron chi connectivity index (χ1n) is 24.8. The maximum atomic E-state index is 12.7. The molecule has 3 aliphatic heterocycles. The van der Waals surface area contributed by atoms with E-state index in [-0.39, 0.29) is 57.0 Å². The standard InChI is InChI=1S/C48H80O19/c1-20(2)22(52)9-8-21(3)31-23(53)14-45(6)28-11-10-27-44(4,5)30(12-13-47(27)19-48(28,47)29(54)15-46(31,45)7)65-43-40(35(58)33(56)25(17-50)63-43)67-42-38(61)36(59)39(26(18-51)64-42)66-41-37(60)34(57)32(55)24(16-49)62-41/h20-21,23-43,49-51,53-61H,8-19H2,1-7H3. The van der Waals surface area contributed by atoms with Gasteiger partial charge in [-0.15, -0.1) is 0 Å². The summed E-state index contributed by atoms with van der Waals surface area (Å²) in [5.74, 6) is 0.503. The van der Waals surface area contributed by atoms with Crippen LogP contribution >= 0.6 is 0 Å². The van der Waals surface area contributed by atoms with Gasteiger partial charge in [0.1, 0.15) is 79.0 Å². The second-order valence-electron chi connectivity index (χ2n) is 23.3. The van der Waals surface area contributed by atoms with Crippen molar-refractivity contribution in [3.63, 3.8) is 0 Å². The average Bonchev–Trinajstić information content (AvgIpc) is 3.92. The van der Waals surface area contributed by atoms with Gasteiger partial charge in [-0.25, -0.2) is 0 Å². The predicted octanol–water partition coefficient (Wildman–Crippen LogP) is -1.16. The Labute approximate surface area is 392 Å². The first-order valence-corrected chi connectivity index (χ1v) is 24.8. The zero-order valence-corrected chi connectivity index (χ0v) is 40.0. The van der Waals surface area contributed by atoms with E-state index in [2.05, 4.69) is 34.6 Å². The molecule has 0 aromatic rings. The molecular weight excluding hydrogens is 881 g/mol. The van der Waals surface area contributed by atoms with E-state index in [9.17, 15) is 66.1 Å². The molecule has 8 aliphatic rings. The molecule has 2 spiro atoms. The first kappa shape index (κ1) is 52.3. The zero-order chi connectivity index (χ0) is 49.1. The van der Waals surface area contributed by atoms with Crippen molar-refractivity contribution in [1.82, 2.24) is 0 Å². The molecule has 5 aliphatic carbocycles. The second kappa shape index (κ2) is 18.8. The van der Waals surface area contributed by atoms with Crippen molar-refractivity contribution < 1.29 is 94.5 Å². The molecule has 0 radical (unpaired) electrons. The summed E-state index contributed by atoms with van der Waals surface area (Å²) < 4.78 is 36.0. The van der Waals surface area contributed by atoms with Crippen LogP contribution in [0.2, 0.25) is 0 Å². The van der Waals surface area contributed by atoms with E-state index < -0.39 is 136 Å². The molecule has 386 valence electrons. The Kier molecular flexibility index (Phi) is 14.6. The van der Waals surface area contributed by atoms with Gasteiger partial charge in [0.2, 0.25) is 0 Å². The summed E-state index contributed by atoms with van der Waals surface area (Å²) in [7, 11) is 0. The summed E-state index contributed by atoms with van der Waals surface area (Å²) in [6.07, 6.45) is -20.4. The SMILES string of the molecule is CC(C)C(=O)CCC(C)C1C(O)CC2(C)C3CCC4C(C)(C)C(OC5OC(CO)C(O)C(O)C5OC5OC(CO)C(OC6OC(CO)C(O)C(O)C6O)C(O)C5O)CCC45CC35C(O)CC12C. The van der Waals surface area contributed by atoms with Gasteiger partial charge in [0.25, 0.3) is 0 Å². The minimum absolute atomic E-state index is 0.0405. The molecule has 0 bridgehead atoms. The van der Waals surface area contributed by atoms with Crippen molar-refractivity contribution >= 4 is 5.78 Å². The number of ether oxygens (including phenoxy) is 6. The van der Waals surface area contributed by atoms with Crippen molar-refractivity contribution in [3.8, 4) is 0 Å². The van der Waals surface area contributed by atoms with Gasteiger partial charge in [0.05, 0.1) is 38.1 Å². The van der Waals surface area contributed by atoms with Gasteiger partial charge in [-0.1, -0.05) is 48.5 Å². The molecule has 3 saturated heterocycles. The molecule has 67 heavy (non-hydrogen) atoms. The highest BCUT2D eigenvalue weighted by molar-refractivity contribution is 5.80. The fourth-order valence-corrected chi connectivity index (χ4v) is 15.9. The maximum Gasteiger partial charge on any atom is 0.187 e. The molecule has 26 unspecified atom stereocenters. The minimum Gasteiger partial charge on any atom is -0.394 e. The molecule has 5 saturated carbocycles. The maximum absolute atomic E-state index is 12.7. The van der Waals surface area contributed by atoms with Crippen LogP contribution in [0, 0.1) is 56.7 Å². The Morgan fingerprint density at radius 1 is 0.612 bits per heavy atom. The lowest BCUT2D eigenvalue weighted by molar-refractivity contribution is -0.390. The van der Waals surface area contributed by atoms with E-state index in [4.69, 9.17) is 28.4 Å². The molecule has 0 aromatic heterocycles. The average molecular weight is 961 g/mol. The molecule has 0 aromatic carbocycles. The van der Waals surface area contributed by atoms with Crippen LogP contribution in [0.25, 0.3) is 0 Å². The molecule has 8 rings (SSSR count). The molecule has 19 nitrogen and oxygen atoms in total. The summed E-state index contributed by atoms with van der Waals surface area (Å²) in [6, 6.07) is 0. The van der Waals surface area contributed by atoms with Crippen LogP contribution in [0.5, 0.6) is 0 Å². The third kappa shape index (κ3) is 8.04. The van der Waals surface area contributed by atoms with Crippen LogP contribution in [0.15, 0.2) is 0 Å². The summed E-state index contributed by atoms with van der Waals surface area (Å²) in [4.78, 5) is 12.7. The lowest BCUT2D eigenvalue weighted by Crippen LogP contribution is -2.67. The molecule has 0 amide bonds. The molecule has 12 N–H and O–H groups in total. The smallest absolute Gasteiger partial charge is 0.187 e. The summed E-state index contributed by atoms with van der Waals surface area (Å²) in [5, 5.41) is 131. The number of hydrogen-bond donors (Lipinski definition) is 12. The van der Waals surface area contributed by atoms with Crippen LogP contribution in [0.4, 0.5) is 0 Å². The van der Waals surface area contributed by atoms with Gasteiger partial charge in [0.15, 0.2) is 18.9 Å². The number of carbonyl (C=O) groups excluding carboxylic acids is 1. The molecule has 3 heterocycles. The highest BCUT2D eigenvalue weighted by Gasteiger charge is 2.85. The summed E-state index contributed by atoms with van der Waals surface area (Å²) in [6.45, 7) is 12.6. The number of fused-ring (bicyclic) bond motifs is 2. The summed E-state index contributed by atoms with van der Waals surface area (Å²) >= 11 is 0. The van der Waals surface area contributed by atoms with Gasteiger partial charge < -0.3 is 89.7 Å². The fraction of sp³-hybridized carbons (Fsp3) is 0.979. The quantitative estimate of drug-likeness (QED) is 0.0914. The predicted molar refractivity (Wildman–Crippen MR) is 232 cm³/mol. The lowest BCUT2D eigenvalue weighted by Gasteiger charge is -2.64. The first-order chi connectivity index (χ1) is 31.4. The Hall–Kier alpha value is -1.05. The summed E-state index contributed by atoms with van der Waals surface area (Å²) in [5.41, 5.74) is -1.66. The van der Waals surface area contributed by atoms with E-state index in [0.717, 1.165) is 25.7 Å². The van der Waals surface area contributed by atoms with Gasteiger partial charge >= 0.3 is 0 Å². The molecule has 26 atom stereocenters. The van der Waals surface area contributed by atoms with Crippen LogP contribution in [-0.2, 0) is 33.2 Å². The van der Waals surface area contributed by atoms with E-state index in [1.807, 2.05) is 13.8 Å². The van der Waals surface area contributed by atoms with Crippen molar-refractivity contribution in [2.45, 2.75) is 217 Å².